The van der Waals surface area contributed by atoms with E-state index in [0.717, 1.165) is 0 Å². The highest BCUT2D eigenvalue weighted by molar-refractivity contribution is 14.1. The number of rotatable bonds is 4. The van der Waals surface area contributed by atoms with Crippen molar-refractivity contribution in [3.8, 4) is 11.1 Å². The van der Waals surface area contributed by atoms with E-state index in [-0.39, 0.29) is 14.7 Å². The van der Waals surface area contributed by atoms with Gasteiger partial charge in [-0.15, -0.1) is 0 Å². The second kappa shape index (κ2) is 5.91. The highest BCUT2D eigenvalue weighted by Gasteiger charge is 2.19. The van der Waals surface area contributed by atoms with Crippen LogP contribution in [0.15, 0.2) is 42.5 Å². The number of carboxylic acids is 2. The first-order valence-corrected chi connectivity index (χ1v) is 7.47. The zero-order valence-electron chi connectivity index (χ0n) is 10.0. The van der Waals surface area contributed by atoms with Crippen LogP contribution in [0.4, 0.5) is 0 Å². The fraction of sp³-hybridized carbons (Fsp3) is 0. The van der Waals surface area contributed by atoms with Gasteiger partial charge in [-0.3, -0.25) is 3.07 Å². The van der Waals surface area contributed by atoms with Gasteiger partial charge in [0.25, 0.3) is 0 Å². The lowest BCUT2D eigenvalue weighted by Crippen LogP contribution is -2.06. The van der Waals surface area contributed by atoms with Gasteiger partial charge in [-0.2, -0.15) is 0 Å². The van der Waals surface area contributed by atoms with Gasteiger partial charge in [0.2, 0.25) is 0 Å². The highest BCUT2D eigenvalue weighted by atomic mass is 127. The van der Waals surface area contributed by atoms with Crippen LogP contribution in [0.25, 0.3) is 11.1 Å². The largest absolute Gasteiger partial charge is 0.478 e. The summed E-state index contributed by atoms with van der Waals surface area (Å²) in [6, 6.07) is 11.1. The van der Waals surface area contributed by atoms with E-state index in [1.165, 1.54) is 12.1 Å². The summed E-state index contributed by atoms with van der Waals surface area (Å²) in [6.45, 7) is 0. The zero-order valence-corrected chi connectivity index (χ0v) is 12.2. The maximum Gasteiger partial charge on any atom is 0.336 e. The van der Waals surface area contributed by atoms with Crippen LogP contribution >= 0.6 is 21.2 Å². The Morgan fingerprint density at radius 3 is 2.00 bits per heavy atom. The van der Waals surface area contributed by atoms with Crippen LogP contribution in [-0.2, 0) is 3.07 Å². The Labute approximate surface area is 124 Å². The fourth-order valence-electron chi connectivity index (χ4n) is 1.83. The smallest absolute Gasteiger partial charge is 0.336 e. The number of carboxylic acid groups (broad SMARTS) is 2. The van der Waals surface area contributed by atoms with Crippen LogP contribution in [0.5, 0.6) is 0 Å². The van der Waals surface area contributed by atoms with Gasteiger partial charge >= 0.3 is 11.9 Å². The van der Waals surface area contributed by atoms with Gasteiger partial charge < -0.3 is 10.2 Å². The lowest BCUT2D eigenvalue weighted by Gasteiger charge is -2.09. The third-order valence-electron chi connectivity index (χ3n) is 2.74. The maximum atomic E-state index is 11.3. The van der Waals surface area contributed by atoms with Crippen molar-refractivity contribution in [1.29, 1.82) is 0 Å². The van der Waals surface area contributed by atoms with Crippen molar-refractivity contribution < 1.29 is 22.9 Å². The van der Waals surface area contributed by atoms with Gasteiger partial charge in [0.15, 0.2) is 21.2 Å². The van der Waals surface area contributed by atoms with Crippen molar-refractivity contribution in [3.05, 3.63) is 57.2 Å². The number of hydrogen-bond acceptors (Lipinski definition) is 3. The summed E-state index contributed by atoms with van der Waals surface area (Å²) in [5, 5.41) is 18.4. The predicted octanol–water partition coefficient (Wildman–Crippen LogP) is 3.24. The molecule has 6 heteroatoms. The molecule has 0 heterocycles. The lowest BCUT2D eigenvalue weighted by molar-refractivity contribution is 0.0681. The van der Waals surface area contributed by atoms with Crippen molar-refractivity contribution >= 4 is 33.1 Å². The molecule has 5 nitrogen and oxygen atoms in total. The van der Waals surface area contributed by atoms with Crippen molar-refractivity contribution in [2.24, 2.45) is 0 Å². The summed E-state index contributed by atoms with van der Waals surface area (Å²) in [4.78, 5) is 22.5. The summed E-state index contributed by atoms with van der Waals surface area (Å²) in [5.41, 5.74) is 0.739. The number of benzene rings is 2. The van der Waals surface area contributed by atoms with E-state index < -0.39 is 33.1 Å². The second-order valence-corrected chi connectivity index (χ2v) is 5.53. The molecule has 0 aromatic heterocycles. The van der Waals surface area contributed by atoms with E-state index in [0.29, 0.717) is 11.1 Å². The molecule has 2 aromatic carbocycles. The summed E-state index contributed by atoms with van der Waals surface area (Å²) >= 11 is -1.77. The summed E-state index contributed by atoms with van der Waals surface area (Å²) in [6.07, 6.45) is 0. The first kappa shape index (κ1) is 14.3. The molecule has 0 saturated carbocycles. The Morgan fingerprint density at radius 2 is 1.50 bits per heavy atom. The van der Waals surface area contributed by atoms with Gasteiger partial charge in [0.05, 0.1) is 14.7 Å². The normalized spacial score (nSPS) is 10.2. The molecule has 102 valence electrons. The van der Waals surface area contributed by atoms with Crippen LogP contribution in [0, 0.1) is 3.57 Å². The molecule has 2 N–H and O–H groups in total. The van der Waals surface area contributed by atoms with Gasteiger partial charge in [-0.1, -0.05) is 30.3 Å². The molecule has 0 unspecified atom stereocenters. The number of aromatic carboxylic acids is 2. The second-order valence-electron chi connectivity index (χ2n) is 3.93. The third kappa shape index (κ3) is 2.74. The van der Waals surface area contributed by atoms with Crippen LogP contribution in [0.2, 0.25) is 0 Å². The summed E-state index contributed by atoms with van der Waals surface area (Å²) in [7, 11) is 0. The van der Waals surface area contributed by atoms with Crippen LogP contribution in [0.3, 0.4) is 0 Å². The standard InChI is InChI=1S/C14H9IO5/c16-13(17)10-7-12(15-20)11(14(18)19)6-9(10)8-4-2-1-3-5-8/h1-7H,(H,16,17)(H,18,19). The Kier molecular flexibility index (Phi) is 4.23. The van der Waals surface area contributed by atoms with Crippen LogP contribution in [0.1, 0.15) is 20.7 Å². The van der Waals surface area contributed by atoms with Crippen LogP contribution in [-0.4, -0.2) is 22.2 Å². The van der Waals surface area contributed by atoms with Crippen LogP contribution < -0.4 is 0 Å². The maximum absolute atomic E-state index is 11.3. The van der Waals surface area contributed by atoms with Crippen molar-refractivity contribution in [3.63, 3.8) is 0 Å². The molecule has 0 atom stereocenters. The van der Waals surface area contributed by atoms with Crippen molar-refractivity contribution in [2.45, 2.75) is 0 Å². The van der Waals surface area contributed by atoms with E-state index in [4.69, 9.17) is 5.11 Å². The molecule has 0 amide bonds. The van der Waals surface area contributed by atoms with E-state index in [2.05, 4.69) is 0 Å². The molecule has 0 fully saturated rings. The molecule has 0 saturated heterocycles. The Bertz CT molecular complexity index is 694. The molecule has 20 heavy (non-hydrogen) atoms. The molecule has 0 aliphatic carbocycles. The average Bonchev–Trinajstić information content (AvgIpc) is 2.46. The minimum absolute atomic E-state index is 0.0493. The minimum Gasteiger partial charge on any atom is -0.478 e. The Morgan fingerprint density at radius 1 is 0.900 bits per heavy atom. The van der Waals surface area contributed by atoms with E-state index in [1.807, 2.05) is 0 Å². The molecule has 0 aliphatic rings. The van der Waals surface area contributed by atoms with Crippen molar-refractivity contribution in [2.75, 3.05) is 0 Å². The highest BCUT2D eigenvalue weighted by Crippen LogP contribution is 2.29. The molecule has 2 rings (SSSR count). The van der Waals surface area contributed by atoms with Gasteiger partial charge in [0.1, 0.15) is 0 Å². The molecular weight excluding hydrogens is 375 g/mol. The molecule has 2 aromatic rings. The summed E-state index contributed by atoms with van der Waals surface area (Å²) in [5.74, 6) is -2.40. The zero-order chi connectivity index (χ0) is 14.7. The predicted molar refractivity (Wildman–Crippen MR) is 79.2 cm³/mol. The topological polar surface area (TPSA) is 91.7 Å². The Hall–Kier alpha value is -2.09. The van der Waals surface area contributed by atoms with Crippen molar-refractivity contribution in [1.82, 2.24) is 0 Å². The van der Waals surface area contributed by atoms with E-state index in [9.17, 15) is 17.8 Å². The first-order chi connectivity index (χ1) is 9.54. The molecule has 0 bridgehead atoms. The third-order valence-corrected chi connectivity index (χ3v) is 4.10. The van der Waals surface area contributed by atoms with Gasteiger partial charge in [-0.25, -0.2) is 9.59 Å². The quantitative estimate of drug-likeness (QED) is 0.790. The monoisotopic (exact) mass is 384 g/mol. The van der Waals surface area contributed by atoms with E-state index in [1.54, 1.807) is 30.3 Å². The number of halogens is 1. The lowest BCUT2D eigenvalue weighted by atomic mass is 9.97. The molecule has 0 spiro atoms. The SMILES string of the molecule is O=Ic1cc(C(=O)O)c(-c2ccccc2)cc1C(=O)O. The average molecular weight is 384 g/mol. The number of carbonyl (C=O) groups is 2. The fourth-order valence-corrected chi connectivity index (χ4v) is 2.90. The first-order valence-electron chi connectivity index (χ1n) is 5.51. The van der Waals surface area contributed by atoms with Gasteiger partial charge in [-0.05, 0) is 23.3 Å². The summed E-state index contributed by atoms with van der Waals surface area (Å²) < 4.78 is 11.2. The van der Waals surface area contributed by atoms with E-state index >= 15 is 0 Å². The molecule has 0 aliphatic heterocycles. The van der Waals surface area contributed by atoms with Gasteiger partial charge in [0, 0.05) is 0 Å². The number of hydrogen-bond donors (Lipinski definition) is 2. The molecular formula is C14H9IO5. The minimum atomic E-state index is -1.77. The molecule has 0 radical (unpaired) electrons. The Balaban J connectivity index is 2.78.